The lowest BCUT2D eigenvalue weighted by Crippen LogP contribution is -2.41. The van der Waals surface area contributed by atoms with Crippen molar-refractivity contribution in [3.05, 3.63) is 35.9 Å². The first-order valence-corrected chi connectivity index (χ1v) is 7.45. The number of nitrogens with one attached hydrogen (secondary N) is 1. The van der Waals surface area contributed by atoms with Gasteiger partial charge in [-0.2, -0.15) is 0 Å². The molecule has 0 heterocycles. The molecule has 0 aliphatic rings. The van der Waals surface area contributed by atoms with E-state index in [1.165, 1.54) is 5.56 Å². The Balaban J connectivity index is 2.70. The molecule has 0 aliphatic heterocycles. The van der Waals surface area contributed by atoms with Gasteiger partial charge in [-0.25, -0.2) is 0 Å². The van der Waals surface area contributed by atoms with Crippen molar-refractivity contribution >= 4 is 0 Å². The molecule has 2 atom stereocenters. The van der Waals surface area contributed by atoms with E-state index in [0.29, 0.717) is 6.04 Å². The van der Waals surface area contributed by atoms with Gasteiger partial charge in [-0.05, 0) is 38.4 Å². The van der Waals surface area contributed by atoms with E-state index in [-0.39, 0.29) is 11.5 Å². The highest BCUT2D eigenvalue weighted by Gasteiger charge is 2.30. The average Bonchev–Trinajstić information content (AvgIpc) is 2.37. The van der Waals surface area contributed by atoms with Crippen molar-refractivity contribution in [3.8, 4) is 0 Å². The van der Waals surface area contributed by atoms with E-state index in [2.05, 4.69) is 61.4 Å². The largest absolute Gasteiger partial charge is 0.393 e. The maximum Gasteiger partial charge on any atom is 0.0524 e. The van der Waals surface area contributed by atoms with Crippen molar-refractivity contribution in [3.63, 3.8) is 0 Å². The van der Waals surface area contributed by atoms with Crippen LogP contribution in [0.5, 0.6) is 0 Å². The number of aliphatic hydroxyl groups excluding tert-OH is 1. The van der Waals surface area contributed by atoms with E-state index in [1.807, 2.05) is 14.0 Å². The average molecular weight is 278 g/mol. The fraction of sp³-hybridized carbons (Fsp3) is 0.647. The van der Waals surface area contributed by atoms with Crippen LogP contribution in [-0.2, 0) is 0 Å². The van der Waals surface area contributed by atoms with Crippen LogP contribution in [0.3, 0.4) is 0 Å². The molecule has 1 aromatic carbocycles. The van der Waals surface area contributed by atoms with Crippen LogP contribution >= 0.6 is 0 Å². The summed E-state index contributed by atoms with van der Waals surface area (Å²) in [7, 11) is 4.15. The SMILES string of the molecule is CNC(c1ccccc1)C(C)(C)CN(C)CCC(C)O. The molecule has 2 N–H and O–H groups in total. The molecule has 0 saturated heterocycles. The van der Waals surface area contributed by atoms with Crippen molar-refractivity contribution in [2.45, 2.75) is 39.3 Å². The molecule has 0 spiro atoms. The monoisotopic (exact) mass is 278 g/mol. The molecule has 1 rings (SSSR count). The third-order valence-electron chi connectivity index (χ3n) is 3.81. The summed E-state index contributed by atoms with van der Waals surface area (Å²) in [5.74, 6) is 0. The van der Waals surface area contributed by atoms with Gasteiger partial charge in [0.15, 0.2) is 0 Å². The first kappa shape index (κ1) is 17.2. The summed E-state index contributed by atoms with van der Waals surface area (Å²) in [6.07, 6.45) is 0.595. The Morgan fingerprint density at radius 2 is 1.85 bits per heavy atom. The first-order valence-electron chi connectivity index (χ1n) is 7.45. The Morgan fingerprint density at radius 3 is 2.35 bits per heavy atom. The van der Waals surface area contributed by atoms with Crippen molar-refractivity contribution in [2.75, 3.05) is 27.2 Å². The second-order valence-electron chi connectivity index (χ2n) is 6.50. The Kier molecular flexibility index (Phi) is 6.66. The molecule has 0 fully saturated rings. The molecule has 2 unspecified atom stereocenters. The number of aliphatic hydroxyl groups is 1. The molecule has 0 amide bonds. The van der Waals surface area contributed by atoms with Crippen molar-refractivity contribution < 1.29 is 5.11 Å². The number of nitrogens with zero attached hydrogens (tertiary/aromatic N) is 1. The van der Waals surface area contributed by atoms with Crippen molar-refractivity contribution in [1.82, 2.24) is 10.2 Å². The summed E-state index contributed by atoms with van der Waals surface area (Å²) >= 11 is 0. The third kappa shape index (κ3) is 5.23. The maximum absolute atomic E-state index is 9.39. The minimum Gasteiger partial charge on any atom is -0.393 e. The van der Waals surface area contributed by atoms with Crippen LogP contribution in [0.25, 0.3) is 0 Å². The van der Waals surface area contributed by atoms with Gasteiger partial charge < -0.3 is 15.3 Å². The summed E-state index contributed by atoms with van der Waals surface area (Å²) in [5, 5.41) is 12.8. The van der Waals surface area contributed by atoms with E-state index >= 15 is 0 Å². The lowest BCUT2D eigenvalue weighted by Gasteiger charge is -2.38. The predicted molar refractivity (Wildman–Crippen MR) is 85.8 cm³/mol. The third-order valence-corrected chi connectivity index (χ3v) is 3.81. The van der Waals surface area contributed by atoms with Crippen LogP contribution < -0.4 is 5.32 Å². The summed E-state index contributed by atoms with van der Waals surface area (Å²) < 4.78 is 0. The molecular weight excluding hydrogens is 248 g/mol. The lowest BCUT2D eigenvalue weighted by molar-refractivity contribution is 0.129. The highest BCUT2D eigenvalue weighted by molar-refractivity contribution is 5.21. The Labute approximate surface area is 124 Å². The number of hydrogen-bond donors (Lipinski definition) is 2. The number of hydrogen-bond acceptors (Lipinski definition) is 3. The second-order valence-corrected chi connectivity index (χ2v) is 6.50. The summed E-state index contributed by atoms with van der Waals surface area (Å²) in [6.45, 7) is 8.34. The molecule has 1 aromatic rings. The predicted octanol–water partition coefficient (Wildman–Crippen LogP) is 2.68. The molecule has 3 heteroatoms. The topological polar surface area (TPSA) is 35.5 Å². The summed E-state index contributed by atoms with van der Waals surface area (Å²) in [6, 6.07) is 10.9. The van der Waals surface area contributed by atoms with Gasteiger partial charge in [-0.1, -0.05) is 44.2 Å². The Hall–Kier alpha value is -0.900. The van der Waals surface area contributed by atoms with Gasteiger partial charge in [0.1, 0.15) is 0 Å². The fourth-order valence-corrected chi connectivity index (χ4v) is 2.93. The zero-order valence-corrected chi connectivity index (χ0v) is 13.6. The van der Waals surface area contributed by atoms with Gasteiger partial charge >= 0.3 is 0 Å². The molecule has 0 bridgehead atoms. The first-order chi connectivity index (χ1) is 9.36. The molecule has 20 heavy (non-hydrogen) atoms. The van der Waals surface area contributed by atoms with Crippen LogP contribution in [0.1, 0.15) is 38.8 Å². The van der Waals surface area contributed by atoms with Crippen LogP contribution in [0.4, 0.5) is 0 Å². The normalized spacial score (nSPS) is 15.3. The second kappa shape index (κ2) is 7.77. The minimum atomic E-state index is -0.227. The number of benzene rings is 1. The molecule has 114 valence electrons. The van der Waals surface area contributed by atoms with Gasteiger partial charge in [0.05, 0.1) is 6.10 Å². The molecule has 3 nitrogen and oxygen atoms in total. The van der Waals surface area contributed by atoms with E-state index in [9.17, 15) is 5.11 Å². The summed E-state index contributed by atoms with van der Waals surface area (Å²) in [4.78, 5) is 2.31. The Morgan fingerprint density at radius 1 is 1.25 bits per heavy atom. The quantitative estimate of drug-likeness (QED) is 0.767. The van der Waals surface area contributed by atoms with Crippen LogP contribution in [-0.4, -0.2) is 43.3 Å². The smallest absolute Gasteiger partial charge is 0.0524 e. The van der Waals surface area contributed by atoms with Crippen LogP contribution in [0.2, 0.25) is 0 Å². The molecular formula is C17H30N2O. The molecule has 0 aromatic heterocycles. The van der Waals surface area contributed by atoms with E-state index < -0.39 is 0 Å². The van der Waals surface area contributed by atoms with E-state index in [4.69, 9.17) is 0 Å². The fourth-order valence-electron chi connectivity index (χ4n) is 2.93. The highest BCUT2D eigenvalue weighted by atomic mass is 16.3. The molecule has 0 aliphatic carbocycles. The standard InChI is InChI=1S/C17H30N2O/c1-14(20)11-12-19(5)13-17(2,3)16(18-4)15-9-7-6-8-10-15/h6-10,14,16,18,20H,11-13H2,1-5H3. The lowest BCUT2D eigenvalue weighted by atomic mass is 9.80. The zero-order chi connectivity index (χ0) is 15.2. The van der Waals surface area contributed by atoms with Gasteiger partial charge in [-0.3, -0.25) is 0 Å². The van der Waals surface area contributed by atoms with E-state index in [1.54, 1.807) is 0 Å². The van der Waals surface area contributed by atoms with E-state index in [0.717, 1.165) is 19.5 Å². The van der Waals surface area contributed by atoms with Crippen LogP contribution in [0.15, 0.2) is 30.3 Å². The minimum absolute atomic E-state index is 0.115. The number of rotatable bonds is 8. The van der Waals surface area contributed by atoms with Gasteiger partial charge in [0.25, 0.3) is 0 Å². The zero-order valence-electron chi connectivity index (χ0n) is 13.6. The van der Waals surface area contributed by atoms with Crippen molar-refractivity contribution in [1.29, 1.82) is 0 Å². The van der Waals surface area contributed by atoms with Gasteiger partial charge in [-0.15, -0.1) is 0 Å². The Bertz CT molecular complexity index is 376. The highest BCUT2D eigenvalue weighted by Crippen LogP contribution is 2.33. The van der Waals surface area contributed by atoms with Crippen LogP contribution in [0, 0.1) is 5.41 Å². The van der Waals surface area contributed by atoms with Gasteiger partial charge in [0.2, 0.25) is 0 Å². The summed E-state index contributed by atoms with van der Waals surface area (Å²) in [5.41, 5.74) is 1.44. The molecule has 0 radical (unpaired) electrons. The van der Waals surface area contributed by atoms with Gasteiger partial charge in [0, 0.05) is 19.1 Å². The molecule has 0 saturated carbocycles. The maximum atomic E-state index is 9.39. The van der Waals surface area contributed by atoms with Crippen molar-refractivity contribution in [2.24, 2.45) is 5.41 Å².